The number of halogens is 4. The van der Waals surface area contributed by atoms with Gasteiger partial charge in [-0.15, -0.1) is 0 Å². The minimum absolute atomic E-state index is 0.189. The monoisotopic (exact) mass is 340 g/mol. The van der Waals surface area contributed by atoms with Crippen molar-refractivity contribution < 1.29 is 27.0 Å². The molecule has 2 aromatic carbocycles. The lowest BCUT2D eigenvalue weighted by Gasteiger charge is -2.27. The maximum absolute atomic E-state index is 14.4. The SMILES string of the molecule is Cc1c(F)cc(-c2c(F)cc(C3OCC(C)CO3)cc2F)cc1F. The van der Waals surface area contributed by atoms with Crippen molar-refractivity contribution in [2.75, 3.05) is 13.2 Å². The van der Waals surface area contributed by atoms with Gasteiger partial charge in [-0.3, -0.25) is 0 Å². The lowest BCUT2D eigenvalue weighted by Crippen LogP contribution is -2.25. The molecule has 3 rings (SSSR count). The zero-order chi connectivity index (χ0) is 17.4. The summed E-state index contributed by atoms with van der Waals surface area (Å²) in [4.78, 5) is 0. The molecule has 1 fully saturated rings. The Labute approximate surface area is 137 Å². The summed E-state index contributed by atoms with van der Waals surface area (Å²) in [6, 6.07) is 3.95. The first-order valence-electron chi connectivity index (χ1n) is 7.55. The second-order valence-electron chi connectivity index (χ2n) is 6.03. The highest BCUT2D eigenvalue weighted by molar-refractivity contribution is 5.66. The Hall–Kier alpha value is -1.92. The molecule has 0 spiro atoms. The fraction of sp³-hybridized carbons (Fsp3) is 0.333. The molecular weight excluding hydrogens is 324 g/mol. The topological polar surface area (TPSA) is 18.5 Å². The van der Waals surface area contributed by atoms with Crippen molar-refractivity contribution in [1.29, 1.82) is 0 Å². The van der Waals surface area contributed by atoms with Gasteiger partial charge >= 0.3 is 0 Å². The van der Waals surface area contributed by atoms with E-state index in [4.69, 9.17) is 9.47 Å². The van der Waals surface area contributed by atoms with Crippen LogP contribution in [-0.2, 0) is 9.47 Å². The first-order chi connectivity index (χ1) is 11.4. The smallest absolute Gasteiger partial charge is 0.184 e. The van der Waals surface area contributed by atoms with E-state index in [1.807, 2.05) is 6.92 Å². The molecule has 0 N–H and O–H groups in total. The average Bonchev–Trinajstić information content (AvgIpc) is 2.52. The Kier molecular flexibility index (Phi) is 4.60. The number of hydrogen-bond donors (Lipinski definition) is 0. The van der Waals surface area contributed by atoms with Gasteiger partial charge in [0.05, 0.1) is 18.8 Å². The highest BCUT2D eigenvalue weighted by Gasteiger charge is 2.24. The number of rotatable bonds is 2. The maximum atomic E-state index is 14.4. The van der Waals surface area contributed by atoms with Crippen molar-refractivity contribution in [3.8, 4) is 11.1 Å². The molecule has 0 bridgehead atoms. The van der Waals surface area contributed by atoms with Gasteiger partial charge in [0.1, 0.15) is 23.3 Å². The van der Waals surface area contributed by atoms with Crippen LogP contribution < -0.4 is 0 Å². The summed E-state index contributed by atoms with van der Waals surface area (Å²) >= 11 is 0. The number of hydrogen-bond acceptors (Lipinski definition) is 2. The predicted molar refractivity (Wildman–Crippen MR) is 80.3 cm³/mol. The van der Waals surface area contributed by atoms with Crippen molar-refractivity contribution in [3.05, 3.63) is 58.7 Å². The lowest BCUT2D eigenvalue weighted by atomic mass is 10.00. The third-order valence-electron chi connectivity index (χ3n) is 3.97. The first-order valence-corrected chi connectivity index (χ1v) is 7.55. The molecule has 0 amide bonds. The van der Waals surface area contributed by atoms with Gasteiger partial charge in [0.25, 0.3) is 0 Å². The van der Waals surface area contributed by atoms with Crippen LogP contribution in [0.2, 0.25) is 0 Å². The van der Waals surface area contributed by atoms with Crippen LogP contribution in [0.25, 0.3) is 11.1 Å². The van der Waals surface area contributed by atoms with Crippen molar-refractivity contribution in [3.63, 3.8) is 0 Å². The summed E-state index contributed by atoms with van der Waals surface area (Å²) in [5, 5.41) is 0. The van der Waals surface area contributed by atoms with Crippen LogP contribution in [0.15, 0.2) is 24.3 Å². The van der Waals surface area contributed by atoms with E-state index in [1.165, 1.54) is 6.92 Å². The minimum atomic E-state index is -0.932. The molecule has 1 aliphatic heterocycles. The molecule has 1 aliphatic rings. The molecule has 0 atom stereocenters. The molecular formula is C18H16F4O2. The molecule has 128 valence electrons. The summed E-state index contributed by atoms with van der Waals surface area (Å²) in [5.41, 5.74) is -0.694. The van der Waals surface area contributed by atoms with E-state index in [2.05, 4.69) is 0 Å². The molecule has 0 radical (unpaired) electrons. The molecule has 0 aromatic heterocycles. The largest absolute Gasteiger partial charge is 0.348 e. The minimum Gasteiger partial charge on any atom is -0.348 e. The number of ether oxygens (including phenoxy) is 2. The third-order valence-corrected chi connectivity index (χ3v) is 3.97. The van der Waals surface area contributed by atoms with Gasteiger partial charge in [0, 0.05) is 17.0 Å². The second kappa shape index (κ2) is 6.53. The third kappa shape index (κ3) is 3.16. The van der Waals surface area contributed by atoms with E-state index in [9.17, 15) is 17.6 Å². The number of benzene rings is 2. The van der Waals surface area contributed by atoms with E-state index < -0.39 is 35.1 Å². The van der Waals surface area contributed by atoms with Crippen molar-refractivity contribution in [1.82, 2.24) is 0 Å². The first kappa shape index (κ1) is 16.9. The Balaban J connectivity index is 1.99. The van der Waals surface area contributed by atoms with Gasteiger partial charge in [0.2, 0.25) is 0 Å². The lowest BCUT2D eigenvalue weighted by molar-refractivity contribution is -0.202. The van der Waals surface area contributed by atoms with Crippen molar-refractivity contribution >= 4 is 0 Å². The van der Waals surface area contributed by atoms with Crippen LogP contribution in [0.3, 0.4) is 0 Å². The molecule has 1 heterocycles. The molecule has 0 saturated carbocycles. The highest BCUT2D eigenvalue weighted by atomic mass is 19.1. The second-order valence-corrected chi connectivity index (χ2v) is 6.03. The Bertz CT molecular complexity index is 722. The van der Waals surface area contributed by atoms with E-state index in [0.29, 0.717) is 13.2 Å². The summed E-state index contributed by atoms with van der Waals surface area (Å²) in [6.07, 6.45) is -0.856. The van der Waals surface area contributed by atoms with Crippen LogP contribution in [-0.4, -0.2) is 13.2 Å². The van der Waals surface area contributed by atoms with Gasteiger partial charge < -0.3 is 9.47 Å². The summed E-state index contributed by atoms with van der Waals surface area (Å²) < 4.78 is 67.0. The van der Waals surface area contributed by atoms with E-state index >= 15 is 0 Å². The summed E-state index contributed by atoms with van der Waals surface area (Å²) in [5.74, 6) is -3.38. The fourth-order valence-corrected chi connectivity index (χ4v) is 2.59. The van der Waals surface area contributed by atoms with Crippen LogP contribution in [0, 0.1) is 36.1 Å². The van der Waals surface area contributed by atoms with Crippen LogP contribution >= 0.6 is 0 Å². The zero-order valence-corrected chi connectivity index (χ0v) is 13.2. The molecule has 24 heavy (non-hydrogen) atoms. The summed E-state index contributed by atoms with van der Waals surface area (Å²) in [6.45, 7) is 4.03. The van der Waals surface area contributed by atoms with Gasteiger partial charge in [-0.1, -0.05) is 6.92 Å². The molecule has 2 aromatic rings. The Morgan fingerprint density at radius 3 is 1.83 bits per heavy atom. The standard InChI is InChI=1S/C18H16F4O2/c1-9-7-23-18(24-8-9)12-5-15(21)17(16(22)6-12)11-3-13(19)10(2)14(20)4-11/h3-6,9,18H,7-8H2,1-2H3. The molecule has 2 nitrogen and oxygen atoms in total. The van der Waals surface area contributed by atoms with Gasteiger partial charge in [-0.2, -0.15) is 0 Å². The predicted octanol–water partition coefficient (Wildman–Crippen LogP) is 4.90. The Morgan fingerprint density at radius 2 is 1.33 bits per heavy atom. The zero-order valence-electron chi connectivity index (χ0n) is 13.2. The summed E-state index contributed by atoms with van der Waals surface area (Å²) in [7, 11) is 0. The van der Waals surface area contributed by atoms with E-state index in [0.717, 1.165) is 24.3 Å². The molecule has 0 aliphatic carbocycles. The molecule has 0 unspecified atom stereocenters. The van der Waals surface area contributed by atoms with Crippen LogP contribution in [0.1, 0.15) is 24.3 Å². The van der Waals surface area contributed by atoms with Gasteiger partial charge in [0.15, 0.2) is 6.29 Å². The van der Waals surface area contributed by atoms with Gasteiger partial charge in [-0.25, -0.2) is 17.6 Å². The van der Waals surface area contributed by atoms with Crippen molar-refractivity contribution in [2.45, 2.75) is 20.1 Å². The van der Waals surface area contributed by atoms with Crippen LogP contribution in [0.4, 0.5) is 17.6 Å². The maximum Gasteiger partial charge on any atom is 0.184 e. The van der Waals surface area contributed by atoms with Crippen molar-refractivity contribution in [2.24, 2.45) is 5.92 Å². The molecule has 6 heteroatoms. The highest BCUT2D eigenvalue weighted by Crippen LogP contribution is 2.33. The fourth-order valence-electron chi connectivity index (χ4n) is 2.59. The average molecular weight is 340 g/mol. The molecule has 1 saturated heterocycles. The Morgan fingerprint density at radius 1 is 0.833 bits per heavy atom. The normalized spacial score (nSPS) is 21.1. The quantitative estimate of drug-likeness (QED) is 0.724. The van der Waals surface area contributed by atoms with E-state index in [-0.39, 0.29) is 22.6 Å². The van der Waals surface area contributed by atoms with Gasteiger partial charge in [-0.05, 0) is 36.8 Å². The van der Waals surface area contributed by atoms with E-state index in [1.54, 1.807) is 0 Å². The van der Waals surface area contributed by atoms with Crippen LogP contribution in [0.5, 0.6) is 0 Å².